The molecule has 0 radical (unpaired) electrons. The van der Waals surface area contributed by atoms with E-state index in [1.807, 2.05) is 0 Å². The van der Waals surface area contributed by atoms with Gasteiger partial charge in [0.1, 0.15) is 0 Å². The zero-order valence-corrected chi connectivity index (χ0v) is 16.0. The molecular weight excluding hydrogens is 399 g/mol. The normalized spacial score (nSPS) is 14.6. The van der Waals surface area contributed by atoms with Gasteiger partial charge in [0.15, 0.2) is 20.0 Å². The van der Waals surface area contributed by atoms with Gasteiger partial charge in [0.05, 0.1) is 0 Å². The van der Waals surface area contributed by atoms with Crippen LogP contribution >= 0.6 is 0 Å². The average Bonchev–Trinajstić information content (AvgIpc) is 2.23. The quantitative estimate of drug-likeness (QED) is 0.402. The molecule has 0 amide bonds. The molecule has 1 atom stereocenters. The molecule has 16 heteroatoms. The minimum absolute atomic E-state index is 0. The van der Waals surface area contributed by atoms with Crippen molar-refractivity contribution in [2.75, 3.05) is 34.7 Å². The number of likely N-dealkylation sites (N-methyl/N-ethyl adjacent to an activating group) is 2. The number of rotatable bonds is 5. The maximum absolute atomic E-state index is 11.4. The molecule has 0 aromatic heterocycles. The van der Waals surface area contributed by atoms with Crippen LogP contribution in [0.25, 0.3) is 4.13 Å². The summed E-state index contributed by atoms with van der Waals surface area (Å²) in [6, 6.07) is 0.653. The minimum atomic E-state index is -6.72. The Labute approximate surface area is 155 Å². The third-order valence-electron chi connectivity index (χ3n) is 2.29. The molecule has 0 fully saturated rings. The third-order valence-corrected chi connectivity index (χ3v) is 5.03. The van der Waals surface area contributed by atoms with Gasteiger partial charge in [-0.3, -0.25) is 0 Å². The summed E-state index contributed by atoms with van der Waals surface area (Å²) in [5, 5.41) is 0. The summed E-state index contributed by atoms with van der Waals surface area (Å²) in [6.07, 6.45) is 0. The summed E-state index contributed by atoms with van der Waals surface area (Å²) in [4.78, 5) is 4.42. The topological polar surface area (TPSA) is 88.9 Å². The molecule has 0 aromatic carbocycles. The van der Waals surface area contributed by atoms with E-state index in [-0.39, 0.29) is 18.9 Å². The summed E-state index contributed by atoms with van der Waals surface area (Å²) >= 11 is 0. The standard InChI is InChI=1S/C7H18N2.C2F6NO4S2.Li/c1-7(9(4)5)6-8(2)3;3-1(4,5)14(10,11)9-15(12,13)2(6,7)8;/h7H,6H2,1-5H3;;/q;-1;+1/t7-;;/m0../s1. The van der Waals surface area contributed by atoms with Crippen LogP contribution in [-0.2, 0) is 20.0 Å². The van der Waals surface area contributed by atoms with E-state index in [0.29, 0.717) is 6.04 Å². The van der Waals surface area contributed by atoms with Crippen LogP contribution < -0.4 is 18.9 Å². The predicted octanol–water partition coefficient (Wildman–Crippen LogP) is -1.44. The molecule has 0 N–H and O–H groups in total. The molecule has 0 saturated heterocycles. The number of alkyl halides is 6. The van der Waals surface area contributed by atoms with Gasteiger partial charge in [-0.05, 0) is 35.1 Å². The van der Waals surface area contributed by atoms with E-state index in [1.54, 1.807) is 0 Å². The van der Waals surface area contributed by atoms with Crippen LogP contribution in [0.4, 0.5) is 26.3 Å². The molecular formula is C9H18F6LiN3O4S2. The van der Waals surface area contributed by atoms with Gasteiger partial charge in [0.25, 0.3) is 0 Å². The van der Waals surface area contributed by atoms with E-state index >= 15 is 0 Å². The monoisotopic (exact) mass is 417 g/mol. The SMILES string of the molecule is C[C@@H](CN(C)C)N(C)C.O=S(=O)([N-]S(=O)(=O)C(F)(F)F)C(F)(F)F.[Li+]. The fraction of sp³-hybridized carbons (Fsp3) is 1.00. The van der Waals surface area contributed by atoms with E-state index in [0.717, 1.165) is 10.7 Å². The second-order valence-corrected chi connectivity index (χ2v) is 8.41. The van der Waals surface area contributed by atoms with Gasteiger partial charge in [0.2, 0.25) is 0 Å². The molecule has 0 aliphatic rings. The molecule has 0 aromatic rings. The molecule has 148 valence electrons. The van der Waals surface area contributed by atoms with E-state index in [2.05, 4.69) is 44.9 Å². The Morgan fingerprint density at radius 1 is 0.840 bits per heavy atom. The predicted molar refractivity (Wildman–Crippen MR) is 75.0 cm³/mol. The second-order valence-electron chi connectivity index (χ2n) is 4.99. The van der Waals surface area contributed by atoms with E-state index in [4.69, 9.17) is 0 Å². The van der Waals surface area contributed by atoms with E-state index < -0.39 is 31.1 Å². The van der Waals surface area contributed by atoms with Gasteiger partial charge in [-0.1, -0.05) is 0 Å². The smallest absolute Gasteiger partial charge is 0.421 e. The molecule has 0 spiro atoms. The van der Waals surface area contributed by atoms with Crippen molar-refractivity contribution in [1.29, 1.82) is 0 Å². The second kappa shape index (κ2) is 10.3. The summed E-state index contributed by atoms with van der Waals surface area (Å²) in [7, 11) is -5.04. The number of nitrogens with zero attached hydrogens (tertiary/aromatic N) is 3. The van der Waals surface area contributed by atoms with Crippen molar-refractivity contribution in [1.82, 2.24) is 9.80 Å². The molecule has 0 saturated carbocycles. The number of hydrogen-bond donors (Lipinski definition) is 0. The Hall–Kier alpha value is -0.0426. The van der Waals surface area contributed by atoms with Crippen molar-refractivity contribution < 1.29 is 62.0 Å². The summed E-state index contributed by atoms with van der Waals surface area (Å²) in [5.74, 6) is 0. The van der Waals surface area contributed by atoms with Gasteiger partial charge in [-0.25, -0.2) is 16.8 Å². The van der Waals surface area contributed by atoms with Crippen molar-refractivity contribution in [2.24, 2.45) is 0 Å². The van der Waals surface area contributed by atoms with Gasteiger partial charge in [-0.2, -0.15) is 26.3 Å². The zero-order valence-electron chi connectivity index (χ0n) is 14.3. The summed E-state index contributed by atoms with van der Waals surface area (Å²) in [6.45, 7) is 3.35. The van der Waals surface area contributed by atoms with Crippen molar-refractivity contribution in [3.63, 3.8) is 0 Å². The van der Waals surface area contributed by atoms with Gasteiger partial charge in [-0.15, -0.1) is 0 Å². The van der Waals surface area contributed by atoms with Crippen molar-refractivity contribution in [3.05, 3.63) is 4.13 Å². The van der Waals surface area contributed by atoms with Gasteiger partial charge >= 0.3 is 29.9 Å². The maximum atomic E-state index is 11.4. The van der Waals surface area contributed by atoms with Crippen LogP contribution in [0.5, 0.6) is 0 Å². The number of hydrogen-bond acceptors (Lipinski definition) is 6. The van der Waals surface area contributed by atoms with Crippen LogP contribution in [0.1, 0.15) is 6.92 Å². The molecule has 25 heavy (non-hydrogen) atoms. The Balaban J connectivity index is -0.000000418. The van der Waals surface area contributed by atoms with Crippen LogP contribution in [0.3, 0.4) is 0 Å². The third kappa shape index (κ3) is 11.3. The summed E-state index contributed by atoms with van der Waals surface area (Å²) in [5.41, 5.74) is -12.4. The van der Waals surface area contributed by atoms with Crippen molar-refractivity contribution in [2.45, 2.75) is 24.0 Å². The Morgan fingerprint density at radius 2 is 1.12 bits per heavy atom. The summed E-state index contributed by atoms with van der Waals surface area (Å²) < 4.78 is 109. The first-order chi connectivity index (χ1) is 10.2. The number of halogens is 6. The average molecular weight is 417 g/mol. The van der Waals surface area contributed by atoms with Crippen molar-refractivity contribution >= 4 is 20.0 Å². The first-order valence-corrected chi connectivity index (χ1v) is 8.80. The number of sulfonamides is 2. The van der Waals surface area contributed by atoms with Gasteiger partial charge in [0, 0.05) is 12.6 Å². The molecule has 0 unspecified atom stereocenters. The minimum Gasteiger partial charge on any atom is -0.421 e. The maximum Gasteiger partial charge on any atom is 1.00 e. The Morgan fingerprint density at radius 3 is 1.24 bits per heavy atom. The molecule has 7 nitrogen and oxygen atoms in total. The van der Waals surface area contributed by atoms with Crippen LogP contribution in [0.15, 0.2) is 0 Å². The van der Waals surface area contributed by atoms with Crippen LogP contribution in [0.2, 0.25) is 0 Å². The Bertz CT molecular complexity index is 547. The fourth-order valence-electron chi connectivity index (χ4n) is 0.905. The molecule has 0 aliphatic heterocycles. The molecule has 0 aliphatic carbocycles. The Kier molecular flexibility index (Phi) is 12.3. The van der Waals surface area contributed by atoms with Gasteiger partial charge < -0.3 is 13.9 Å². The molecule has 0 bridgehead atoms. The van der Waals surface area contributed by atoms with Crippen LogP contribution in [-0.4, -0.2) is 78.4 Å². The first-order valence-electron chi connectivity index (χ1n) is 5.92. The zero-order chi connectivity index (χ0) is 20.1. The first kappa shape index (κ1) is 29.7. The van der Waals surface area contributed by atoms with E-state index in [9.17, 15) is 43.2 Å². The molecule has 0 rings (SSSR count). The fourth-order valence-corrected chi connectivity index (χ4v) is 2.62. The molecule has 0 heterocycles. The van der Waals surface area contributed by atoms with Crippen molar-refractivity contribution in [3.8, 4) is 0 Å². The van der Waals surface area contributed by atoms with E-state index in [1.165, 1.54) is 0 Å². The van der Waals surface area contributed by atoms with Crippen LogP contribution in [0, 0.1) is 0 Å². The largest absolute Gasteiger partial charge is 1.00 e.